The fourth-order valence-corrected chi connectivity index (χ4v) is 1.62. The van der Waals surface area contributed by atoms with E-state index in [4.69, 9.17) is 16.2 Å². The molecule has 0 aliphatic heterocycles. The number of carbonyl (C=O) groups is 1. The first-order chi connectivity index (χ1) is 9.47. The highest BCUT2D eigenvalue weighted by Gasteiger charge is 2.09. The summed E-state index contributed by atoms with van der Waals surface area (Å²) in [7, 11) is 0. The number of rotatable bonds is 4. The van der Waals surface area contributed by atoms with Crippen LogP contribution in [0.3, 0.4) is 0 Å². The van der Waals surface area contributed by atoms with Crippen LogP contribution in [0.4, 0.5) is 14.5 Å². The molecule has 0 aliphatic carbocycles. The monoisotopic (exact) mass is 278 g/mol. The summed E-state index contributed by atoms with van der Waals surface area (Å²) >= 11 is 0. The number of benzene rings is 2. The highest BCUT2D eigenvalue weighted by atomic mass is 19.1. The quantitative estimate of drug-likeness (QED) is 0.842. The highest BCUT2D eigenvalue weighted by molar-refractivity contribution is 5.92. The van der Waals surface area contributed by atoms with Crippen LogP contribution in [-0.4, -0.2) is 5.91 Å². The maximum Gasteiger partial charge on any atom is 0.248 e. The van der Waals surface area contributed by atoms with Crippen LogP contribution in [0.25, 0.3) is 0 Å². The number of primary amides is 1. The zero-order chi connectivity index (χ0) is 14.7. The predicted molar refractivity (Wildman–Crippen MR) is 70.1 cm³/mol. The molecule has 0 bridgehead atoms. The van der Waals surface area contributed by atoms with Crippen molar-refractivity contribution in [3.8, 4) is 5.75 Å². The van der Waals surface area contributed by atoms with Crippen molar-refractivity contribution in [1.29, 1.82) is 0 Å². The Bertz CT molecular complexity index is 660. The molecule has 0 heterocycles. The van der Waals surface area contributed by atoms with E-state index in [1.165, 1.54) is 24.3 Å². The number of amides is 1. The smallest absolute Gasteiger partial charge is 0.248 e. The maximum absolute atomic E-state index is 13.7. The van der Waals surface area contributed by atoms with E-state index in [9.17, 15) is 13.6 Å². The Morgan fingerprint density at radius 2 is 1.90 bits per heavy atom. The largest absolute Gasteiger partial charge is 0.487 e. The average molecular weight is 278 g/mol. The second-order valence-electron chi connectivity index (χ2n) is 4.14. The van der Waals surface area contributed by atoms with Gasteiger partial charge < -0.3 is 16.2 Å². The Kier molecular flexibility index (Phi) is 3.84. The van der Waals surface area contributed by atoms with Crippen LogP contribution in [-0.2, 0) is 6.61 Å². The van der Waals surface area contributed by atoms with Gasteiger partial charge in [0.05, 0.1) is 5.69 Å². The first-order valence-corrected chi connectivity index (χ1v) is 5.73. The normalized spacial score (nSPS) is 10.3. The molecule has 104 valence electrons. The van der Waals surface area contributed by atoms with E-state index in [2.05, 4.69) is 0 Å². The van der Waals surface area contributed by atoms with E-state index in [-0.39, 0.29) is 29.2 Å². The van der Waals surface area contributed by atoms with Gasteiger partial charge in [-0.15, -0.1) is 0 Å². The van der Waals surface area contributed by atoms with E-state index in [1.54, 1.807) is 0 Å². The van der Waals surface area contributed by atoms with Crippen molar-refractivity contribution < 1.29 is 18.3 Å². The third-order valence-electron chi connectivity index (χ3n) is 2.69. The van der Waals surface area contributed by atoms with Crippen molar-refractivity contribution in [3.05, 3.63) is 59.2 Å². The number of anilines is 1. The molecule has 0 saturated heterocycles. The van der Waals surface area contributed by atoms with Crippen LogP contribution in [0.2, 0.25) is 0 Å². The van der Waals surface area contributed by atoms with Crippen LogP contribution >= 0.6 is 0 Å². The second-order valence-corrected chi connectivity index (χ2v) is 4.14. The molecule has 1 amide bonds. The molecule has 4 N–H and O–H groups in total. The fourth-order valence-electron chi connectivity index (χ4n) is 1.62. The molecule has 0 saturated carbocycles. The van der Waals surface area contributed by atoms with Crippen molar-refractivity contribution in [1.82, 2.24) is 0 Å². The molecule has 4 nitrogen and oxygen atoms in total. The molecule has 0 aromatic heterocycles. The lowest BCUT2D eigenvalue weighted by Crippen LogP contribution is -2.12. The molecule has 0 atom stereocenters. The van der Waals surface area contributed by atoms with Gasteiger partial charge in [0.1, 0.15) is 24.0 Å². The molecule has 0 aliphatic rings. The summed E-state index contributed by atoms with van der Waals surface area (Å²) in [5, 5.41) is 0. The Balaban J connectivity index is 2.13. The minimum Gasteiger partial charge on any atom is -0.487 e. The number of nitrogens with two attached hydrogens (primary N) is 2. The molecular formula is C14H12F2N2O2. The summed E-state index contributed by atoms with van der Waals surface area (Å²) in [5.74, 6) is -1.54. The Morgan fingerprint density at radius 3 is 2.50 bits per heavy atom. The van der Waals surface area contributed by atoms with Gasteiger partial charge >= 0.3 is 0 Å². The standard InChI is InChI=1S/C14H12F2N2O2/c15-10-3-4-13(12(17)6-10)20-7-9-2-1-8(14(18)19)5-11(9)16/h1-6H,7,17H2,(H2,18,19). The molecule has 2 aromatic rings. The molecule has 0 spiro atoms. The first kappa shape index (κ1) is 13.8. The van der Waals surface area contributed by atoms with Crippen LogP contribution < -0.4 is 16.2 Å². The lowest BCUT2D eigenvalue weighted by atomic mass is 10.1. The minimum absolute atomic E-state index is 0.0764. The van der Waals surface area contributed by atoms with Crippen LogP contribution in [0.1, 0.15) is 15.9 Å². The van der Waals surface area contributed by atoms with Crippen molar-refractivity contribution in [2.24, 2.45) is 5.73 Å². The van der Waals surface area contributed by atoms with Crippen molar-refractivity contribution in [2.45, 2.75) is 6.61 Å². The Hall–Kier alpha value is -2.63. The van der Waals surface area contributed by atoms with Crippen molar-refractivity contribution in [3.63, 3.8) is 0 Å². The average Bonchev–Trinajstić information content (AvgIpc) is 2.38. The van der Waals surface area contributed by atoms with Gasteiger partial charge in [0, 0.05) is 17.2 Å². The van der Waals surface area contributed by atoms with Gasteiger partial charge in [-0.25, -0.2) is 8.78 Å². The van der Waals surface area contributed by atoms with Gasteiger partial charge in [0.2, 0.25) is 5.91 Å². The molecule has 20 heavy (non-hydrogen) atoms. The molecule has 0 radical (unpaired) electrons. The Labute approximate surface area is 114 Å². The number of halogens is 2. The van der Waals surface area contributed by atoms with E-state index >= 15 is 0 Å². The topological polar surface area (TPSA) is 78.3 Å². The summed E-state index contributed by atoms with van der Waals surface area (Å²) in [6.45, 7) is -0.0965. The van der Waals surface area contributed by atoms with Gasteiger partial charge in [-0.3, -0.25) is 4.79 Å². The lowest BCUT2D eigenvalue weighted by molar-refractivity contribution is 0.0999. The van der Waals surface area contributed by atoms with Crippen LogP contribution in [0.5, 0.6) is 5.75 Å². The highest BCUT2D eigenvalue weighted by Crippen LogP contribution is 2.23. The Morgan fingerprint density at radius 1 is 1.15 bits per heavy atom. The van der Waals surface area contributed by atoms with Gasteiger partial charge in [-0.05, 0) is 24.3 Å². The van der Waals surface area contributed by atoms with Gasteiger partial charge in [0.25, 0.3) is 0 Å². The lowest BCUT2D eigenvalue weighted by Gasteiger charge is -2.10. The minimum atomic E-state index is -0.709. The third-order valence-corrected chi connectivity index (χ3v) is 2.69. The van der Waals surface area contributed by atoms with Crippen LogP contribution in [0.15, 0.2) is 36.4 Å². The number of hydrogen-bond acceptors (Lipinski definition) is 3. The number of nitrogen functional groups attached to an aromatic ring is 1. The molecule has 2 aromatic carbocycles. The summed E-state index contributed by atoms with van der Waals surface area (Å²) in [6.07, 6.45) is 0. The summed E-state index contributed by atoms with van der Waals surface area (Å²) in [5.41, 5.74) is 11.0. The van der Waals surface area contributed by atoms with E-state index in [0.717, 1.165) is 12.1 Å². The first-order valence-electron chi connectivity index (χ1n) is 5.73. The van der Waals surface area contributed by atoms with Gasteiger partial charge in [-0.1, -0.05) is 6.07 Å². The van der Waals surface area contributed by atoms with Crippen molar-refractivity contribution >= 4 is 11.6 Å². The number of ether oxygens (including phenoxy) is 1. The van der Waals surface area contributed by atoms with Gasteiger partial charge in [-0.2, -0.15) is 0 Å². The molecular weight excluding hydrogens is 266 g/mol. The van der Waals surface area contributed by atoms with E-state index < -0.39 is 17.5 Å². The van der Waals surface area contributed by atoms with Gasteiger partial charge in [0.15, 0.2) is 0 Å². The molecule has 2 rings (SSSR count). The second kappa shape index (κ2) is 5.56. The molecule has 0 fully saturated rings. The summed E-state index contributed by atoms with van der Waals surface area (Å²) < 4.78 is 31.9. The number of carbonyl (C=O) groups excluding carboxylic acids is 1. The third kappa shape index (κ3) is 3.03. The zero-order valence-corrected chi connectivity index (χ0v) is 10.4. The summed E-state index contributed by atoms with van der Waals surface area (Å²) in [4.78, 5) is 10.9. The summed E-state index contributed by atoms with van der Waals surface area (Å²) in [6, 6.07) is 7.50. The molecule has 0 unspecified atom stereocenters. The van der Waals surface area contributed by atoms with Crippen LogP contribution in [0, 0.1) is 11.6 Å². The molecule has 6 heteroatoms. The van der Waals surface area contributed by atoms with E-state index in [1.807, 2.05) is 0 Å². The fraction of sp³-hybridized carbons (Fsp3) is 0.0714. The maximum atomic E-state index is 13.7. The predicted octanol–water partition coefficient (Wildman–Crippen LogP) is 2.22. The van der Waals surface area contributed by atoms with Crippen molar-refractivity contribution in [2.75, 3.05) is 5.73 Å². The number of hydrogen-bond donors (Lipinski definition) is 2. The van der Waals surface area contributed by atoms with E-state index in [0.29, 0.717) is 0 Å². The zero-order valence-electron chi connectivity index (χ0n) is 10.4. The SMILES string of the molecule is NC(=O)c1ccc(COc2ccc(F)cc2N)c(F)c1.